The third-order valence-corrected chi connectivity index (χ3v) is 3.51. The summed E-state index contributed by atoms with van der Waals surface area (Å²) in [7, 11) is 0. The number of carboxylic acid groups (broad SMARTS) is 1. The summed E-state index contributed by atoms with van der Waals surface area (Å²) in [6.45, 7) is -0.266. The van der Waals surface area contributed by atoms with E-state index >= 15 is 0 Å². The van der Waals surface area contributed by atoms with Crippen molar-refractivity contribution in [1.29, 1.82) is 0 Å². The Morgan fingerprint density at radius 2 is 2.24 bits per heavy atom. The van der Waals surface area contributed by atoms with Crippen LogP contribution in [0, 0.1) is 0 Å². The van der Waals surface area contributed by atoms with Gasteiger partial charge in [0.15, 0.2) is 0 Å². The van der Waals surface area contributed by atoms with E-state index in [-0.39, 0.29) is 31.4 Å². The van der Waals surface area contributed by atoms with Crippen molar-refractivity contribution < 1.29 is 19.5 Å². The molecule has 2 amide bonds. The molecule has 0 bridgehead atoms. The molecule has 0 aromatic heterocycles. The van der Waals surface area contributed by atoms with E-state index in [1.807, 2.05) is 6.07 Å². The van der Waals surface area contributed by atoms with E-state index in [4.69, 9.17) is 5.11 Å². The number of hydrogen-bond donors (Lipinski definition) is 3. The number of rotatable bonds is 4. The quantitative estimate of drug-likeness (QED) is 0.720. The SMILES string of the molecule is O=C1CN(CC(=O)Nc2cccc(Br)c2)C(C(=O)O)CN1. The number of benzene rings is 1. The third kappa shape index (κ3) is 4.27. The van der Waals surface area contributed by atoms with Crippen molar-refractivity contribution in [2.24, 2.45) is 0 Å². The summed E-state index contributed by atoms with van der Waals surface area (Å²) < 4.78 is 0.820. The van der Waals surface area contributed by atoms with E-state index in [1.165, 1.54) is 4.90 Å². The molecule has 1 unspecified atom stereocenters. The Morgan fingerprint density at radius 3 is 2.90 bits per heavy atom. The van der Waals surface area contributed by atoms with Gasteiger partial charge < -0.3 is 15.7 Å². The summed E-state index contributed by atoms with van der Waals surface area (Å²) in [6, 6.07) is 6.16. The summed E-state index contributed by atoms with van der Waals surface area (Å²) in [5.41, 5.74) is 0.600. The smallest absolute Gasteiger partial charge is 0.322 e. The van der Waals surface area contributed by atoms with Crippen LogP contribution in [0.2, 0.25) is 0 Å². The molecule has 1 saturated heterocycles. The minimum Gasteiger partial charge on any atom is -0.480 e. The van der Waals surface area contributed by atoms with Crippen LogP contribution in [0.5, 0.6) is 0 Å². The zero-order valence-corrected chi connectivity index (χ0v) is 12.6. The van der Waals surface area contributed by atoms with Crippen molar-refractivity contribution in [3.05, 3.63) is 28.7 Å². The molecule has 8 heteroatoms. The fourth-order valence-corrected chi connectivity index (χ4v) is 2.45. The number of aliphatic carboxylic acids is 1. The summed E-state index contributed by atoms with van der Waals surface area (Å²) in [6.07, 6.45) is 0. The van der Waals surface area contributed by atoms with Gasteiger partial charge in [-0.15, -0.1) is 0 Å². The van der Waals surface area contributed by atoms with Crippen LogP contribution in [0.3, 0.4) is 0 Å². The molecule has 0 spiro atoms. The minimum atomic E-state index is -1.06. The van der Waals surface area contributed by atoms with Crippen LogP contribution < -0.4 is 10.6 Å². The van der Waals surface area contributed by atoms with Crippen LogP contribution in [0.25, 0.3) is 0 Å². The second kappa shape index (κ2) is 6.68. The van der Waals surface area contributed by atoms with Crippen molar-refractivity contribution in [3.63, 3.8) is 0 Å². The lowest BCUT2D eigenvalue weighted by atomic mass is 10.2. The van der Waals surface area contributed by atoms with Crippen molar-refractivity contribution in [3.8, 4) is 0 Å². The highest BCUT2D eigenvalue weighted by Gasteiger charge is 2.32. The van der Waals surface area contributed by atoms with Crippen molar-refractivity contribution in [1.82, 2.24) is 10.2 Å². The number of hydrogen-bond acceptors (Lipinski definition) is 4. The normalized spacial score (nSPS) is 18.9. The largest absolute Gasteiger partial charge is 0.480 e. The highest BCUT2D eigenvalue weighted by molar-refractivity contribution is 9.10. The van der Waals surface area contributed by atoms with Gasteiger partial charge in [0.25, 0.3) is 0 Å². The van der Waals surface area contributed by atoms with Crippen molar-refractivity contribution in [2.45, 2.75) is 6.04 Å². The summed E-state index contributed by atoms with van der Waals surface area (Å²) in [5, 5.41) is 14.2. The Balaban J connectivity index is 1.99. The van der Waals surface area contributed by atoms with Crippen LogP contribution in [0.4, 0.5) is 5.69 Å². The fraction of sp³-hybridized carbons (Fsp3) is 0.308. The summed E-state index contributed by atoms with van der Waals surface area (Å²) >= 11 is 3.29. The monoisotopic (exact) mass is 355 g/mol. The molecular formula is C13H14BrN3O4. The molecule has 7 nitrogen and oxygen atoms in total. The number of nitrogens with one attached hydrogen (secondary N) is 2. The highest BCUT2D eigenvalue weighted by atomic mass is 79.9. The second-order valence-electron chi connectivity index (χ2n) is 4.62. The zero-order valence-electron chi connectivity index (χ0n) is 11.0. The standard InChI is InChI=1S/C13H14BrN3O4/c14-8-2-1-3-9(4-8)16-12(19)7-17-6-11(18)15-5-10(17)13(20)21/h1-4,10H,5-7H2,(H,15,18)(H,16,19)(H,20,21). The lowest BCUT2D eigenvalue weighted by Crippen LogP contribution is -2.58. The maximum Gasteiger partial charge on any atom is 0.322 e. The molecule has 1 aromatic rings. The molecule has 1 heterocycles. The second-order valence-corrected chi connectivity index (χ2v) is 5.54. The minimum absolute atomic E-state index is 0.00165. The van der Waals surface area contributed by atoms with Gasteiger partial charge in [0.1, 0.15) is 6.04 Å². The Labute approximate surface area is 129 Å². The molecule has 1 aromatic carbocycles. The average Bonchev–Trinajstić information content (AvgIpc) is 2.38. The lowest BCUT2D eigenvalue weighted by molar-refractivity contribution is -0.146. The molecule has 0 radical (unpaired) electrons. The first-order chi connectivity index (χ1) is 9.95. The predicted octanol–water partition coefficient (Wildman–Crippen LogP) is 0.273. The molecule has 0 saturated carbocycles. The zero-order chi connectivity index (χ0) is 15.4. The van der Waals surface area contributed by atoms with Crippen LogP contribution in [0.1, 0.15) is 0 Å². The van der Waals surface area contributed by atoms with E-state index < -0.39 is 12.0 Å². The molecule has 2 rings (SSSR count). The molecule has 1 fully saturated rings. The number of nitrogens with zero attached hydrogens (tertiary/aromatic N) is 1. The molecule has 1 aliphatic heterocycles. The maximum absolute atomic E-state index is 12.0. The van der Waals surface area contributed by atoms with Gasteiger partial charge in [-0.3, -0.25) is 19.3 Å². The Hall–Kier alpha value is -1.93. The van der Waals surface area contributed by atoms with Crippen LogP contribution >= 0.6 is 15.9 Å². The van der Waals surface area contributed by atoms with Gasteiger partial charge in [0, 0.05) is 16.7 Å². The summed E-state index contributed by atoms with van der Waals surface area (Å²) in [5.74, 6) is -1.72. The molecule has 1 aliphatic rings. The number of amides is 2. The van der Waals surface area contributed by atoms with Gasteiger partial charge in [-0.2, -0.15) is 0 Å². The van der Waals surface area contributed by atoms with E-state index in [1.54, 1.807) is 18.2 Å². The number of anilines is 1. The fourth-order valence-electron chi connectivity index (χ4n) is 2.05. The van der Waals surface area contributed by atoms with E-state index in [0.29, 0.717) is 5.69 Å². The number of carboxylic acids is 1. The maximum atomic E-state index is 12.0. The highest BCUT2D eigenvalue weighted by Crippen LogP contribution is 2.15. The molecule has 0 aliphatic carbocycles. The topological polar surface area (TPSA) is 98.7 Å². The van der Waals surface area contributed by atoms with Crippen LogP contribution in [-0.2, 0) is 14.4 Å². The molecule has 1 atom stereocenters. The van der Waals surface area contributed by atoms with Crippen LogP contribution in [0.15, 0.2) is 28.7 Å². The van der Waals surface area contributed by atoms with Gasteiger partial charge in [-0.25, -0.2) is 0 Å². The van der Waals surface area contributed by atoms with Gasteiger partial charge in [0.2, 0.25) is 11.8 Å². The predicted molar refractivity (Wildman–Crippen MR) is 78.8 cm³/mol. The molecule has 3 N–H and O–H groups in total. The van der Waals surface area contributed by atoms with Gasteiger partial charge in [-0.1, -0.05) is 22.0 Å². The number of piperazine rings is 1. The number of carbonyl (C=O) groups is 3. The lowest BCUT2D eigenvalue weighted by Gasteiger charge is -2.31. The Morgan fingerprint density at radius 1 is 1.48 bits per heavy atom. The van der Waals surface area contributed by atoms with E-state index in [2.05, 4.69) is 26.6 Å². The van der Waals surface area contributed by atoms with Crippen LogP contribution in [-0.4, -0.2) is 53.5 Å². The first-order valence-corrected chi connectivity index (χ1v) is 7.04. The van der Waals surface area contributed by atoms with Gasteiger partial charge in [0.05, 0.1) is 13.1 Å². The average molecular weight is 356 g/mol. The van der Waals surface area contributed by atoms with Gasteiger partial charge >= 0.3 is 5.97 Å². The number of halogens is 1. The van der Waals surface area contributed by atoms with E-state index in [9.17, 15) is 14.4 Å². The third-order valence-electron chi connectivity index (χ3n) is 3.02. The summed E-state index contributed by atoms with van der Waals surface area (Å²) in [4.78, 5) is 35.8. The van der Waals surface area contributed by atoms with Crippen molar-refractivity contribution >= 4 is 39.4 Å². The van der Waals surface area contributed by atoms with Crippen molar-refractivity contribution in [2.75, 3.05) is 25.0 Å². The Kier molecular flexibility index (Phi) is 4.92. The number of carbonyl (C=O) groups excluding carboxylic acids is 2. The van der Waals surface area contributed by atoms with E-state index in [0.717, 1.165) is 4.47 Å². The molecule has 21 heavy (non-hydrogen) atoms. The first-order valence-electron chi connectivity index (χ1n) is 6.24. The molecular weight excluding hydrogens is 342 g/mol. The van der Waals surface area contributed by atoms with Gasteiger partial charge in [-0.05, 0) is 18.2 Å². The Bertz CT molecular complexity index is 578. The molecule has 112 valence electrons. The first kappa shape index (κ1) is 15.5.